The van der Waals surface area contributed by atoms with Crippen LogP contribution in [0.5, 0.6) is 0 Å². The van der Waals surface area contributed by atoms with E-state index in [-0.39, 0.29) is 19.6 Å². The number of carboxylic acid groups (broad SMARTS) is 1. The normalized spacial score (nSPS) is 21.1. The third kappa shape index (κ3) is 5.27. The molecule has 1 fully saturated rings. The van der Waals surface area contributed by atoms with Crippen LogP contribution in [0.25, 0.3) is 0 Å². The molecule has 22 heavy (non-hydrogen) atoms. The third-order valence-corrected chi connectivity index (χ3v) is 2.87. The van der Waals surface area contributed by atoms with Crippen LogP contribution in [0.2, 0.25) is 0 Å². The molecule has 1 aliphatic heterocycles. The molecule has 1 heterocycles. The number of alkyl carbamates (subject to hydrolysis) is 1. The number of hydrogen-bond acceptors (Lipinski definition) is 5. The van der Waals surface area contributed by atoms with Gasteiger partial charge in [-0.1, -0.05) is 12.7 Å². The molecular formula is C14H22N2O6. The minimum atomic E-state index is -1.14. The van der Waals surface area contributed by atoms with Gasteiger partial charge in [0, 0.05) is 13.0 Å². The van der Waals surface area contributed by atoms with E-state index in [0.29, 0.717) is 0 Å². The first kappa shape index (κ1) is 17.8. The van der Waals surface area contributed by atoms with Crippen LogP contribution in [-0.2, 0) is 14.3 Å². The molecule has 2 N–H and O–H groups in total. The minimum Gasteiger partial charge on any atom is -0.480 e. The first-order chi connectivity index (χ1) is 10.1. The zero-order chi connectivity index (χ0) is 16.9. The molecule has 124 valence electrons. The predicted octanol–water partition coefficient (Wildman–Crippen LogP) is 1.36. The molecule has 2 atom stereocenters. The topological polar surface area (TPSA) is 105 Å². The van der Waals surface area contributed by atoms with Gasteiger partial charge in [-0.25, -0.2) is 14.4 Å². The zero-order valence-corrected chi connectivity index (χ0v) is 13.0. The molecule has 1 aliphatic rings. The highest BCUT2D eigenvalue weighted by atomic mass is 16.6. The standard InChI is InChI=1S/C14H22N2O6/c1-5-6-21-12(19)15-9-7-10(11(17)18)16(8-9)13(20)22-14(2,3)4/h5,9-10H,1,6-8H2,2-4H3,(H,15,19)(H,17,18). The van der Waals surface area contributed by atoms with Gasteiger partial charge in [-0.15, -0.1) is 0 Å². The molecule has 2 unspecified atom stereocenters. The van der Waals surface area contributed by atoms with Crippen molar-refractivity contribution in [2.24, 2.45) is 0 Å². The molecule has 2 amide bonds. The maximum atomic E-state index is 12.1. The summed E-state index contributed by atoms with van der Waals surface area (Å²) in [4.78, 5) is 35.9. The van der Waals surface area contributed by atoms with Crippen molar-refractivity contribution >= 4 is 18.2 Å². The van der Waals surface area contributed by atoms with Crippen LogP contribution < -0.4 is 5.32 Å². The van der Waals surface area contributed by atoms with Gasteiger partial charge in [0.15, 0.2) is 0 Å². The summed E-state index contributed by atoms with van der Waals surface area (Å²) in [5.74, 6) is -1.14. The van der Waals surface area contributed by atoms with Crippen molar-refractivity contribution in [3.8, 4) is 0 Å². The van der Waals surface area contributed by atoms with Gasteiger partial charge >= 0.3 is 18.2 Å². The fourth-order valence-electron chi connectivity index (χ4n) is 2.04. The van der Waals surface area contributed by atoms with Gasteiger partial charge in [0.05, 0.1) is 6.04 Å². The Morgan fingerprint density at radius 3 is 2.55 bits per heavy atom. The van der Waals surface area contributed by atoms with E-state index >= 15 is 0 Å². The Bertz CT molecular complexity index is 457. The molecule has 8 heteroatoms. The second-order valence-electron chi connectivity index (χ2n) is 5.95. The molecule has 8 nitrogen and oxygen atoms in total. The van der Waals surface area contributed by atoms with Crippen LogP contribution in [0.4, 0.5) is 9.59 Å². The van der Waals surface area contributed by atoms with Gasteiger partial charge < -0.3 is 19.9 Å². The van der Waals surface area contributed by atoms with Crippen molar-refractivity contribution in [1.82, 2.24) is 10.2 Å². The van der Waals surface area contributed by atoms with Crippen LogP contribution in [0.1, 0.15) is 27.2 Å². The number of carboxylic acids is 1. The molecule has 0 radical (unpaired) electrons. The van der Waals surface area contributed by atoms with Crippen LogP contribution >= 0.6 is 0 Å². The van der Waals surface area contributed by atoms with Crippen molar-refractivity contribution in [1.29, 1.82) is 0 Å². The summed E-state index contributed by atoms with van der Waals surface area (Å²) in [7, 11) is 0. The van der Waals surface area contributed by atoms with Crippen molar-refractivity contribution < 1.29 is 29.0 Å². The Morgan fingerprint density at radius 2 is 2.05 bits per heavy atom. The number of aliphatic carboxylic acids is 1. The number of ether oxygens (including phenoxy) is 2. The monoisotopic (exact) mass is 314 g/mol. The number of carbonyl (C=O) groups is 3. The van der Waals surface area contributed by atoms with Gasteiger partial charge in [-0.05, 0) is 20.8 Å². The molecular weight excluding hydrogens is 292 g/mol. The summed E-state index contributed by atoms with van der Waals surface area (Å²) >= 11 is 0. The lowest BCUT2D eigenvalue weighted by Gasteiger charge is -2.26. The Kier molecular flexibility index (Phi) is 5.78. The van der Waals surface area contributed by atoms with Crippen LogP contribution in [0.15, 0.2) is 12.7 Å². The van der Waals surface area contributed by atoms with E-state index in [1.165, 1.54) is 6.08 Å². The number of hydrogen-bond donors (Lipinski definition) is 2. The highest BCUT2D eigenvalue weighted by Crippen LogP contribution is 2.21. The van der Waals surface area contributed by atoms with Crippen LogP contribution in [-0.4, -0.2) is 59.0 Å². The van der Waals surface area contributed by atoms with Crippen molar-refractivity contribution in [2.45, 2.75) is 44.9 Å². The summed E-state index contributed by atoms with van der Waals surface area (Å²) in [6, 6.07) is -1.55. The fourth-order valence-corrected chi connectivity index (χ4v) is 2.04. The zero-order valence-electron chi connectivity index (χ0n) is 13.0. The average molecular weight is 314 g/mol. The van der Waals surface area contributed by atoms with E-state index in [2.05, 4.69) is 11.9 Å². The Balaban J connectivity index is 2.69. The van der Waals surface area contributed by atoms with E-state index in [4.69, 9.17) is 9.47 Å². The summed E-state index contributed by atoms with van der Waals surface area (Å²) in [6.45, 7) is 8.60. The lowest BCUT2D eigenvalue weighted by molar-refractivity contribution is -0.142. The van der Waals surface area contributed by atoms with Gasteiger partial charge in [-0.3, -0.25) is 4.90 Å². The lowest BCUT2D eigenvalue weighted by atomic mass is 10.2. The number of amides is 2. The molecule has 0 aromatic heterocycles. The lowest BCUT2D eigenvalue weighted by Crippen LogP contribution is -2.44. The summed E-state index contributed by atoms with van der Waals surface area (Å²) in [5.41, 5.74) is -0.728. The molecule has 1 saturated heterocycles. The summed E-state index contributed by atoms with van der Waals surface area (Å²) in [5, 5.41) is 11.7. The average Bonchev–Trinajstić information content (AvgIpc) is 2.78. The smallest absolute Gasteiger partial charge is 0.411 e. The SMILES string of the molecule is C=CCOC(=O)NC1CC(C(=O)O)N(C(=O)OC(C)(C)C)C1. The summed E-state index contributed by atoms with van der Waals surface area (Å²) < 4.78 is 9.96. The van der Waals surface area contributed by atoms with Gasteiger partial charge in [0.1, 0.15) is 18.2 Å². The van der Waals surface area contributed by atoms with Crippen molar-refractivity contribution in [2.75, 3.05) is 13.2 Å². The summed E-state index contributed by atoms with van der Waals surface area (Å²) in [6.07, 6.45) is 0.114. The number of rotatable bonds is 4. The van der Waals surface area contributed by atoms with Crippen LogP contribution in [0.3, 0.4) is 0 Å². The Labute approximate surface area is 129 Å². The van der Waals surface area contributed by atoms with Crippen molar-refractivity contribution in [3.05, 3.63) is 12.7 Å². The molecule has 1 rings (SSSR count). The van der Waals surface area contributed by atoms with Gasteiger partial charge in [-0.2, -0.15) is 0 Å². The molecule has 0 spiro atoms. The van der Waals surface area contributed by atoms with E-state index in [1.807, 2.05) is 0 Å². The quantitative estimate of drug-likeness (QED) is 0.759. The van der Waals surface area contributed by atoms with Gasteiger partial charge in [0.25, 0.3) is 0 Å². The molecule has 0 aliphatic carbocycles. The molecule has 0 saturated carbocycles. The second-order valence-corrected chi connectivity index (χ2v) is 5.95. The largest absolute Gasteiger partial charge is 0.480 e. The highest BCUT2D eigenvalue weighted by Gasteiger charge is 2.42. The number of nitrogens with one attached hydrogen (secondary N) is 1. The number of nitrogens with zero attached hydrogens (tertiary/aromatic N) is 1. The van der Waals surface area contributed by atoms with E-state index in [9.17, 15) is 19.5 Å². The van der Waals surface area contributed by atoms with E-state index in [0.717, 1.165) is 4.90 Å². The minimum absolute atomic E-state index is 0.0507. The third-order valence-electron chi connectivity index (χ3n) is 2.87. The van der Waals surface area contributed by atoms with E-state index in [1.54, 1.807) is 20.8 Å². The van der Waals surface area contributed by atoms with Crippen LogP contribution in [0, 0.1) is 0 Å². The first-order valence-corrected chi connectivity index (χ1v) is 6.90. The number of likely N-dealkylation sites (tertiary alicyclic amines) is 1. The Hall–Kier alpha value is -2.25. The molecule has 0 aromatic carbocycles. The Morgan fingerprint density at radius 1 is 1.41 bits per heavy atom. The predicted molar refractivity (Wildman–Crippen MR) is 77.4 cm³/mol. The molecule has 0 aromatic rings. The number of carbonyl (C=O) groups excluding carboxylic acids is 2. The maximum Gasteiger partial charge on any atom is 0.411 e. The van der Waals surface area contributed by atoms with E-state index < -0.39 is 35.8 Å². The van der Waals surface area contributed by atoms with Gasteiger partial charge in [0.2, 0.25) is 0 Å². The fraction of sp³-hybridized carbons (Fsp3) is 0.643. The second kappa shape index (κ2) is 7.15. The molecule has 0 bridgehead atoms. The maximum absolute atomic E-state index is 12.1. The first-order valence-electron chi connectivity index (χ1n) is 6.90. The van der Waals surface area contributed by atoms with Crippen molar-refractivity contribution in [3.63, 3.8) is 0 Å². The highest BCUT2D eigenvalue weighted by molar-refractivity contribution is 5.81.